The van der Waals surface area contributed by atoms with Gasteiger partial charge in [0.1, 0.15) is 5.82 Å². The molecule has 2 aromatic heterocycles. The Morgan fingerprint density at radius 1 is 0.864 bits per heavy atom. The molecule has 2 N–H and O–H groups in total. The van der Waals surface area contributed by atoms with Crippen molar-refractivity contribution >= 4 is 40.2 Å². The Balaban J connectivity index is 1.17. The van der Waals surface area contributed by atoms with Gasteiger partial charge in [-0.25, -0.2) is 19.4 Å². The average Bonchev–Trinajstić information content (AvgIpc) is 3.63. The lowest BCUT2D eigenvalue weighted by molar-refractivity contribution is -0.135. The van der Waals surface area contributed by atoms with Crippen molar-refractivity contribution in [1.82, 2.24) is 24.6 Å². The fourth-order valence-electron chi connectivity index (χ4n) is 6.55. The number of benzene rings is 2. The van der Waals surface area contributed by atoms with Gasteiger partial charge in [0.05, 0.1) is 29.8 Å². The molecule has 3 saturated heterocycles. The van der Waals surface area contributed by atoms with Gasteiger partial charge >= 0.3 is 6.03 Å². The zero-order valence-electron chi connectivity index (χ0n) is 25.1. The molecule has 3 aliphatic rings. The summed E-state index contributed by atoms with van der Waals surface area (Å²) in [6, 6.07) is 16.8. The van der Waals surface area contributed by atoms with Crippen LogP contribution >= 0.6 is 0 Å². The summed E-state index contributed by atoms with van der Waals surface area (Å²) in [4.78, 5) is 39.6. The van der Waals surface area contributed by atoms with Crippen LogP contribution < -0.4 is 15.5 Å². The summed E-state index contributed by atoms with van der Waals surface area (Å²) in [6.45, 7) is 6.93. The highest BCUT2D eigenvalue weighted by atomic mass is 16.5. The maximum Gasteiger partial charge on any atom is 0.323 e. The van der Waals surface area contributed by atoms with E-state index < -0.39 is 0 Å². The largest absolute Gasteiger partial charge is 0.371 e. The maximum absolute atomic E-state index is 12.6. The molecule has 5 heterocycles. The molecule has 3 amide bonds. The first-order valence-corrected chi connectivity index (χ1v) is 15.6. The van der Waals surface area contributed by atoms with Crippen LogP contribution in [0.25, 0.3) is 22.4 Å². The number of rotatable bonds is 6. The van der Waals surface area contributed by atoms with Gasteiger partial charge in [-0.05, 0) is 62.1 Å². The number of ether oxygens (including phenoxy) is 1. The number of carbonyl (C=O) groups excluding carboxylic acids is 2. The van der Waals surface area contributed by atoms with Crippen LogP contribution in [0.1, 0.15) is 45.6 Å². The van der Waals surface area contributed by atoms with Crippen LogP contribution in [0.2, 0.25) is 0 Å². The fourth-order valence-corrected chi connectivity index (χ4v) is 6.55. The Kier molecular flexibility index (Phi) is 7.63. The molecule has 2 unspecified atom stereocenters. The van der Waals surface area contributed by atoms with Gasteiger partial charge in [-0.3, -0.25) is 4.79 Å². The number of hydrogen-bond acceptors (Lipinski definition) is 7. The van der Waals surface area contributed by atoms with Crippen LogP contribution in [0.4, 0.5) is 22.0 Å². The van der Waals surface area contributed by atoms with E-state index in [9.17, 15) is 9.59 Å². The van der Waals surface area contributed by atoms with E-state index in [1.807, 2.05) is 84.2 Å². The third-order valence-corrected chi connectivity index (χ3v) is 8.83. The number of fused-ring (bicyclic) bond motifs is 3. The van der Waals surface area contributed by atoms with Gasteiger partial charge < -0.3 is 25.2 Å². The number of anilines is 3. The Bertz CT molecular complexity index is 1640. The van der Waals surface area contributed by atoms with E-state index in [2.05, 4.69) is 15.5 Å². The number of hydrogen-bond donors (Lipinski definition) is 2. The van der Waals surface area contributed by atoms with E-state index >= 15 is 0 Å². The van der Waals surface area contributed by atoms with Gasteiger partial charge in [-0.2, -0.15) is 5.10 Å². The number of urea groups is 1. The van der Waals surface area contributed by atoms with Crippen molar-refractivity contribution in [2.24, 2.45) is 5.92 Å². The topological polar surface area (TPSA) is 118 Å². The molecule has 2 aromatic carbocycles. The van der Waals surface area contributed by atoms with E-state index in [1.165, 1.54) is 0 Å². The number of likely N-dealkylation sites (tertiary alicyclic amines) is 1. The Morgan fingerprint density at radius 2 is 1.52 bits per heavy atom. The molecule has 0 spiro atoms. The molecule has 0 aliphatic carbocycles. The summed E-state index contributed by atoms with van der Waals surface area (Å²) >= 11 is 0. The third kappa shape index (κ3) is 5.71. The number of morpholine rings is 1. The molecule has 4 aromatic rings. The third-order valence-electron chi connectivity index (χ3n) is 8.83. The van der Waals surface area contributed by atoms with Gasteiger partial charge in [-0.1, -0.05) is 32.0 Å². The van der Waals surface area contributed by atoms with Crippen molar-refractivity contribution in [3.63, 3.8) is 0 Å². The highest BCUT2D eigenvalue weighted by Crippen LogP contribution is 2.35. The summed E-state index contributed by atoms with van der Waals surface area (Å²) in [5.74, 6) is 1.70. The predicted octanol–water partition coefficient (Wildman–Crippen LogP) is 5.32. The molecular weight excluding hydrogens is 556 g/mol. The van der Waals surface area contributed by atoms with Crippen LogP contribution in [-0.2, 0) is 9.53 Å². The Morgan fingerprint density at radius 3 is 2.18 bits per heavy atom. The van der Waals surface area contributed by atoms with Crippen LogP contribution in [0.15, 0.2) is 60.8 Å². The van der Waals surface area contributed by atoms with Crippen LogP contribution in [-0.4, -0.2) is 75.0 Å². The standard InChI is InChI=1S/C33H38N8O3/c1-21(2)32(42)39-16-14-25(15-17-39)41-31-28(18-34-41)30(40-19-26-12-13-27(20-40)44-26)37-29(38-31)22-8-10-24(11-9-22)36-33(43)35-23-6-4-3-5-7-23/h3-11,18,21,25-27H,12-17,19-20H2,1-2H3,(H2,35,36,43). The Hall–Kier alpha value is -4.51. The zero-order chi connectivity index (χ0) is 30.2. The molecule has 2 bridgehead atoms. The average molecular weight is 595 g/mol. The number of amides is 3. The molecule has 3 fully saturated rings. The van der Waals surface area contributed by atoms with Gasteiger partial charge in [0, 0.05) is 49.0 Å². The maximum atomic E-state index is 12.6. The van der Waals surface area contributed by atoms with Crippen molar-refractivity contribution in [3.05, 3.63) is 60.8 Å². The zero-order valence-corrected chi connectivity index (χ0v) is 25.1. The van der Waals surface area contributed by atoms with E-state index in [0.29, 0.717) is 24.6 Å². The van der Waals surface area contributed by atoms with Crippen molar-refractivity contribution in [1.29, 1.82) is 0 Å². The predicted molar refractivity (Wildman–Crippen MR) is 170 cm³/mol. The molecule has 3 aliphatic heterocycles. The number of nitrogens with one attached hydrogen (secondary N) is 2. The van der Waals surface area contributed by atoms with Gasteiger partial charge in [0.25, 0.3) is 0 Å². The number of aromatic nitrogens is 4. The molecular formula is C33H38N8O3. The molecule has 2 atom stereocenters. The summed E-state index contributed by atoms with van der Waals surface area (Å²) in [5.41, 5.74) is 3.05. The number of piperidine rings is 1. The minimum Gasteiger partial charge on any atom is -0.371 e. The number of nitrogens with zero attached hydrogens (tertiary/aromatic N) is 6. The summed E-state index contributed by atoms with van der Waals surface area (Å²) in [6.07, 6.45) is 6.13. The lowest BCUT2D eigenvalue weighted by Gasteiger charge is -2.34. The molecule has 7 rings (SSSR count). The highest BCUT2D eigenvalue weighted by molar-refractivity contribution is 5.99. The van der Waals surface area contributed by atoms with E-state index in [4.69, 9.17) is 19.8 Å². The first-order chi connectivity index (χ1) is 21.4. The van der Waals surface area contributed by atoms with Crippen LogP contribution in [0, 0.1) is 5.92 Å². The number of carbonyl (C=O) groups is 2. The van der Waals surface area contributed by atoms with Gasteiger partial charge in [0.15, 0.2) is 11.5 Å². The van der Waals surface area contributed by atoms with E-state index in [0.717, 1.165) is 66.9 Å². The first-order valence-electron chi connectivity index (χ1n) is 15.6. The summed E-state index contributed by atoms with van der Waals surface area (Å²) < 4.78 is 8.17. The quantitative estimate of drug-likeness (QED) is 0.310. The monoisotopic (exact) mass is 594 g/mol. The second-order valence-electron chi connectivity index (χ2n) is 12.3. The van der Waals surface area contributed by atoms with Crippen molar-refractivity contribution in [2.45, 2.75) is 57.8 Å². The second-order valence-corrected chi connectivity index (χ2v) is 12.3. The SMILES string of the molecule is CC(C)C(=O)N1CCC(n2ncc3c(N4CC5CCC(C4)O5)nc(-c4ccc(NC(=O)Nc5ccccc5)cc4)nc32)CC1. The molecule has 0 saturated carbocycles. The van der Waals surface area contributed by atoms with Crippen molar-refractivity contribution in [3.8, 4) is 11.4 Å². The van der Waals surface area contributed by atoms with Crippen molar-refractivity contribution in [2.75, 3.05) is 41.7 Å². The van der Waals surface area contributed by atoms with Crippen molar-refractivity contribution < 1.29 is 14.3 Å². The van der Waals surface area contributed by atoms with Gasteiger partial charge in [0.2, 0.25) is 5.91 Å². The molecule has 228 valence electrons. The minimum absolute atomic E-state index is 0.00130. The van der Waals surface area contributed by atoms with E-state index in [-0.39, 0.29) is 36.1 Å². The van der Waals surface area contributed by atoms with Gasteiger partial charge in [-0.15, -0.1) is 0 Å². The second kappa shape index (κ2) is 11.9. The molecule has 44 heavy (non-hydrogen) atoms. The normalized spacial score (nSPS) is 20.3. The van der Waals surface area contributed by atoms with E-state index in [1.54, 1.807) is 0 Å². The molecule has 11 nitrogen and oxygen atoms in total. The fraction of sp³-hybridized carbons (Fsp3) is 0.424. The lowest BCUT2D eigenvalue weighted by Crippen LogP contribution is -2.43. The highest BCUT2D eigenvalue weighted by Gasteiger charge is 2.36. The minimum atomic E-state index is -0.309. The lowest BCUT2D eigenvalue weighted by atomic mass is 10.0. The molecule has 11 heteroatoms. The van der Waals surface area contributed by atoms with Crippen LogP contribution in [0.5, 0.6) is 0 Å². The summed E-state index contributed by atoms with van der Waals surface area (Å²) in [7, 11) is 0. The molecule has 0 radical (unpaired) electrons. The van der Waals surface area contributed by atoms with Crippen LogP contribution in [0.3, 0.4) is 0 Å². The summed E-state index contributed by atoms with van der Waals surface area (Å²) in [5, 5.41) is 11.5. The number of para-hydroxylation sites is 1. The first kappa shape index (κ1) is 28.3. The smallest absolute Gasteiger partial charge is 0.323 e. The Labute approximate surface area is 256 Å².